The van der Waals surface area contributed by atoms with E-state index in [0.717, 1.165) is 0 Å². The number of nitrogens with two attached hydrogens (primary N) is 4. The molecule has 0 amide bonds. The number of aryl methyl sites for hydroxylation is 4. The highest BCUT2D eigenvalue weighted by Gasteiger charge is 2.11. The maximum Gasteiger partial charge on any atom is 0.274 e. The molecule has 44 heavy (non-hydrogen) atoms. The first kappa shape index (κ1) is 35.7. The highest BCUT2D eigenvalue weighted by molar-refractivity contribution is 5.54. The van der Waals surface area contributed by atoms with Crippen LogP contribution in [0.2, 0.25) is 0 Å². The third-order valence-electron chi connectivity index (χ3n) is 5.72. The van der Waals surface area contributed by atoms with E-state index >= 15 is 0 Å². The fraction of sp³-hybridized carbons (Fsp3) is 0.143. The first-order valence-electron chi connectivity index (χ1n) is 12.5. The zero-order chi connectivity index (χ0) is 33.7. The van der Waals surface area contributed by atoms with Gasteiger partial charge in [-0.25, -0.2) is 0 Å². The van der Waals surface area contributed by atoms with Gasteiger partial charge in [0.25, 0.3) is 22.7 Å². The second kappa shape index (κ2) is 16.2. The van der Waals surface area contributed by atoms with Crippen LogP contribution in [0.15, 0.2) is 72.8 Å². The lowest BCUT2D eigenvalue weighted by molar-refractivity contribution is -0.385. The standard InChI is InChI=1S/4C7H8N2O2/c4*1-5-2-3-6(8)4-7(5)9(10)11/h4*2-4H,8H2,1H3. The Bertz CT molecular complexity index is 1430. The molecule has 4 aromatic rings. The molecule has 4 aromatic carbocycles. The molecule has 0 saturated heterocycles. The number of nitro groups is 4. The average Bonchev–Trinajstić information content (AvgIpc) is 2.94. The molecule has 0 saturated carbocycles. The van der Waals surface area contributed by atoms with Gasteiger partial charge in [0.2, 0.25) is 0 Å². The van der Waals surface area contributed by atoms with Crippen LogP contribution in [0, 0.1) is 68.2 Å². The number of nitrogen functional groups attached to an aromatic ring is 4. The van der Waals surface area contributed by atoms with Crippen molar-refractivity contribution < 1.29 is 19.7 Å². The van der Waals surface area contributed by atoms with Crippen molar-refractivity contribution in [2.24, 2.45) is 0 Å². The van der Waals surface area contributed by atoms with E-state index < -0.39 is 19.7 Å². The lowest BCUT2D eigenvalue weighted by Crippen LogP contribution is -1.93. The molecule has 0 aliphatic carbocycles. The van der Waals surface area contributed by atoms with Crippen LogP contribution in [0.1, 0.15) is 22.3 Å². The molecular formula is C28H32N8O8. The fourth-order valence-corrected chi connectivity index (χ4v) is 3.29. The number of nitro benzene ring substituents is 4. The molecule has 0 heterocycles. The van der Waals surface area contributed by atoms with E-state index in [4.69, 9.17) is 22.9 Å². The summed E-state index contributed by atoms with van der Waals surface area (Å²) in [6, 6.07) is 18.5. The van der Waals surface area contributed by atoms with E-state index in [1.165, 1.54) is 24.3 Å². The molecule has 0 aliphatic rings. The SMILES string of the molecule is Cc1ccc(N)cc1[N+](=O)[O-].Cc1ccc(N)cc1[N+](=O)[O-].Cc1ccc(N)cc1[N+](=O)[O-].Cc1ccc(N)cc1[N+](=O)[O-]. The summed E-state index contributed by atoms with van der Waals surface area (Å²) < 4.78 is 0. The Balaban J connectivity index is 0.000000293. The molecule has 0 atom stereocenters. The zero-order valence-electron chi connectivity index (χ0n) is 24.3. The summed E-state index contributed by atoms with van der Waals surface area (Å²) in [6.07, 6.45) is 0. The molecule has 0 radical (unpaired) electrons. The van der Waals surface area contributed by atoms with Gasteiger partial charge in [-0.05, 0) is 52.0 Å². The van der Waals surface area contributed by atoms with Crippen molar-refractivity contribution in [2.45, 2.75) is 27.7 Å². The molecule has 8 N–H and O–H groups in total. The number of hydrogen-bond acceptors (Lipinski definition) is 12. The normalized spacial score (nSPS) is 9.55. The molecule has 4 rings (SSSR count). The first-order chi connectivity index (χ1) is 20.4. The summed E-state index contributed by atoms with van der Waals surface area (Å²) in [5.41, 5.74) is 25.9. The molecule has 16 nitrogen and oxygen atoms in total. The third kappa shape index (κ3) is 11.3. The van der Waals surface area contributed by atoms with Crippen molar-refractivity contribution in [3.63, 3.8) is 0 Å². The van der Waals surface area contributed by atoms with E-state index in [2.05, 4.69) is 0 Å². The van der Waals surface area contributed by atoms with E-state index in [9.17, 15) is 40.5 Å². The van der Waals surface area contributed by atoms with Crippen molar-refractivity contribution >= 4 is 45.5 Å². The van der Waals surface area contributed by atoms with E-state index in [0.29, 0.717) is 45.0 Å². The topological polar surface area (TPSA) is 277 Å². The number of benzene rings is 4. The predicted octanol–water partition coefficient (Wildman–Crippen LogP) is 5.94. The lowest BCUT2D eigenvalue weighted by atomic mass is 10.2. The Hall–Kier alpha value is -6.32. The summed E-state index contributed by atoms with van der Waals surface area (Å²) >= 11 is 0. The van der Waals surface area contributed by atoms with Crippen LogP contribution in [-0.2, 0) is 0 Å². The van der Waals surface area contributed by atoms with Crippen LogP contribution in [0.5, 0.6) is 0 Å². The van der Waals surface area contributed by atoms with E-state index in [1.54, 1.807) is 76.2 Å². The van der Waals surface area contributed by atoms with Crippen molar-refractivity contribution in [3.05, 3.63) is 136 Å². The Labute approximate surface area is 251 Å². The van der Waals surface area contributed by atoms with E-state index in [1.807, 2.05) is 0 Å². The molecule has 0 bridgehead atoms. The van der Waals surface area contributed by atoms with Gasteiger partial charge in [-0.15, -0.1) is 0 Å². The van der Waals surface area contributed by atoms with Crippen LogP contribution < -0.4 is 22.9 Å². The molecule has 0 spiro atoms. The van der Waals surface area contributed by atoms with Crippen molar-refractivity contribution in [1.82, 2.24) is 0 Å². The van der Waals surface area contributed by atoms with Crippen molar-refractivity contribution in [2.75, 3.05) is 22.9 Å². The largest absolute Gasteiger partial charge is 0.399 e. The molecule has 16 heteroatoms. The fourth-order valence-electron chi connectivity index (χ4n) is 3.29. The second-order valence-corrected chi connectivity index (χ2v) is 9.21. The molecule has 0 aliphatic heterocycles. The average molecular weight is 609 g/mol. The van der Waals surface area contributed by atoms with Gasteiger partial charge in [-0.3, -0.25) is 40.5 Å². The maximum atomic E-state index is 10.3. The lowest BCUT2D eigenvalue weighted by Gasteiger charge is -1.96. The van der Waals surface area contributed by atoms with Crippen LogP contribution in [-0.4, -0.2) is 19.7 Å². The Morgan fingerprint density at radius 2 is 0.545 bits per heavy atom. The number of hydrogen-bond donors (Lipinski definition) is 4. The maximum absolute atomic E-state index is 10.3. The van der Waals surface area contributed by atoms with Crippen molar-refractivity contribution in [3.8, 4) is 0 Å². The van der Waals surface area contributed by atoms with Gasteiger partial charge in [0.15, 0.2) is 0 Å². The Morgan fingerprint density at radius 3 is 0.659 bits per heavy atom. The summed E-state index contributed by atoms with van der Waals surface area (Å²) in [5, 5.41) is 41.3. The minimum atomic E-state index is -0.439. The first-order valence-corrected chi connectivity index (χ1v) is 12.5. The quantitative estimate of drug-likeness (QED) is 0.119. The molecular weight excluding hydrogens is 576 g/mol. The Kier molecular flexibility index (Phi) is 13.2. The van der Waals surface area contributed by atoms with Crippen LogP contribution in [0.3, 0.4) is 0 Å². The van der Waals surface area contributed by atoms with Crippen molar-refractivity contribution in [1.29, 1.82) is 0 Å². The van der Waals surface area contributed by atoms with Gasteiger partial charge in [-0.1, -0.05) is 24.3 Å². The highest BCUT2D eigenvalue weighted by Crippen LogP contribution is 2.22. The summed E-state index contributed by atoms with van der Waals surface area (Å²) in [7, 11) is 0. The smallest absolute Gasteiger partial charge is 0.274 e. The van der Waals surface area contributed by atoms with Crippen LogP contribution in [0.4, 0.5) is 45.5 Å². The van der Waals surface area contributed by atoms with Gasteiger partial charge < -0.3 is 22.9 Å². The zero-order valence-corrected chi connectivity index (χ0v) is 24.3. The predicted molar refractivity (Wildman–Crippen MR) is 169 cm³/mol. The monoisotopic (exact) mass is 608 g/mol. The molecule has 0 fully saturated rings. The number of nitrogens with zero attached hydrogens (tertiary/aromatic N) is 4. The van der Waals surface area contributed by atoms with Gasteiger partial charge in [-0.2, -0.15) is 0 Å². The van der Waals surface area contributed by atoms with Gasteiger partial charge >= 0.3 is 0 Å². The molecule has 0 aromatic heterocycles. The second-order valence-electron chi connectivity index (χ2n) is 9.21. The molecule has 0 unspecified atom stereocenters. The third-order valence-corrected chi connectivity index (χ3v) is 5.72. The number of anilines is 4. The van der Waals surface area contributed by atoms with E-state index in [-0.39, 0.29) is 22.7 Å². The number of rotatable bonds is 4. The summed E-state index contributed by atoms with van der Waals surface area (Å²) in [6.45, 7) is 6.71. The summed E-state index contributed by atoms with van der Waals surface area (Å²) in [4.78, 5) is 39.5. The highest BCUT2D eigenvalue weighted by atomic mass is 16.6. The van der Waals surface area contributed by atoms with Crippen LogP contribution >= 0.6 is 0 Å². The summed E-state index contributed by atoms with van der Waals surface area (Å²) in [5.74, 6) is 0. The molecule has 232 valence electrons. The van der Waals surface area contributed by atoms with Gasteiger partial charge in [0.05, 0.1) is 19.7 Å². The Morgan fingerprint density at radius 1 is 0.386 bits per heavy atom. The van der Waals surface area contributed by atoms with Gasteiger partial charge in [0, 0.05) is 69.3 Å². The minimum absolute atomic E-state index is 0.0741. The van der Waals surface area contributed by atoms with Gasteiger partial charge in [0.1, 0.15) is 0 Å². The van der Waals surface area contributed by atoms with Crippen LogP contribution in [0.25, 0.3) is 0 Å². The minimum Gasteiger partial charge on any atom is -0.399 e.